The summed E-state index contributed by atoms with van der Waals surface area (Å²) >= 11 is 0. The van der Waals surface area contributed by atoms with E-state index in [0.29, 0.717) is 18.7 Å². The van der Waals surface area contributed by atoms with E-state index in [0.717, 1.165) is 28.9 Å². The van der Waals surface area contributed by atoms with Gasteiger partial charge in [-0.1, -0.05) is 12.1 Å². The van der Waals surface area contributed by atoms with Gasteiger partial charge in [0.15, 0.2) is 11.5 Å². The highest BCUT2D eigenvalue weighted by atomic mass is 16.3. The number of hydrogen-bond acceptors (Lipinski definition) is 4. The summed E-state index contributed by atoms with van der Waals surface area (Å²) in [6.45, 7) is 0. The van der Waals surface area contributed by atoms with E-state index in [1.807, 2.05) is 24.3 Å². The van der Waals surface area contributed by atoms with E-state index in [1.54, 1.807) is 0 Å². The summed E-state index contributed by atoms with van der Waals surface area (Å²) in [6.07, 6.45) is 8.86. The van der Waals surface area contributed by atoms with Gasteiger partial charge < -0.3 is 4.42 Å². The SMILES string of the molecule is O=C(CCc1nc2ccccc2o1)NNC(=O)CC12CC3CC(CC(C3)C1)C2. The van der Waals surface area contributed by atoms with Crippen LogP contribution in [0.3, 0.4) is 0 Å². The fraction of sp³-hybridized carbons (Fsp3) is 0.591. The van der Waals surface area contributed by atoms with Crippen LogP contribution >= 0.6 is 0 Å². The molecule has 0 atom stereocenters. The lowest BCUT2D eigenvalue weighted by Gasteiger charge is -2.56. The van der Waals surface area contributed by atoms with Crippen LogP contribution in [0, 0.1) is 23.2 Å². The van der Waals surface area contributed by atoms with Gasteiger partial charge in [-0.15, -0.1) is 0 Å². The molecule has 4 fully saturated rings. The molecule has 0 unspecified atom stereocenters. The zero-order valence-electron chi connectivity index (χ0n) is 16.1. The molecule has 1 heterocycles. The third kappa shape index (κ3) is 3.52. The molecule has 1 aromatic heterocycles. The van der Waals surface area contributed by atoms with Crippen LogP contribution in [0.15, 0.2) is 28.7 Å². The fourth-order valence-electron chi connectivity index (χ4n) is 6.34. The first-order valence-electron chi connectivity index (χ1n) is 10.5. The van der Waals surface area contributed by atoms with Crippen molar-refractivity contribution >= 4 is 22.9 Å². The third-order valence-corrected chi connectivity index (χ3v) is 6.95. The highest BCUT2D eigenvalue weighted by Crippen LogP contribution is 2.61. The number of aromatic nitrogens is 1. The first kappa shape index (κ1) is 17.7. The van der Waals surface area contributed by atoms with Gasteiger partial charge in [-0.25, -0.2) is 4.98 Å². The number of carbonyl (C=O) groups is 2. The van der Waals surface area contributed by atoms with E-state index < -0.39 is 0 Å². The van der Waals surface area contributed by atoms with Gasteiger partial charge in [0.2, 0.25) is 11.8 Å². The Hall–Kier alpha value is -2.37. The number of hydrogen-bond donors (Lipinski definition) is 2. The Morgan fingerprint density at radius 1 is 1.00 bits per heavy atom. The highest BCUT2D eigenvalue weighted by Gasteiger charge is 2.51. The molecule has 2 amide bonds. The maximum atomic E-state index is 12.5. The van der Waals surface area contributed by atoms with Gasteiger partial charge in [0, 0.05) is 19.3 Å². The molecule has 2 N–H and O–H groups in total. The number of nitrogens with zero attached hydrogens (tertiary/aromatic N) is 1. The summed E-state index contributed by atoms with van der Waals surface area (Å²) in [5.41, 5.74) is 6.89. The van der Waals surface area contributed by atoms with Crippen LogP contribution < -0.4 is 10.9 Å². The Bertz CT molecular complexity index is 835. The van der Waals surface area contributed by atoms with Crippen molar-refractivity contribution < 1.29 is 14.0 Å². The molecule has 6 heteroatoms. The van der Waals surface area contributed by atoms with E-state index in [2.05, 4.69) is 15.8 Å². The normalized spacial score (nSPS) is 30.5. The maximum absolute atomic E-state index is 12.5. The number of rotatable bonds is 5. The maximum Gasteiger partial charge on any atom is 0.238 e. The Balaban J connectivity index is 1.09. The van der Waals surface area contributed by atoms with E-state index >= 15 is 0 Å². The molecule has 0 aliphatic heterocycles. The van der Waals surface area contributed by atoms with Gasteiger partial charge in [0.05, 0.1) is 0 Å². The lowest BCUT2D eigenvalue weighted by atomic mass is 9.49. The van der Waals surface area contributed by atoms with Crippen molar-refractivity contribution in [2.24, 2.45) is 23.2 Å². The molecular weight excluding hydrogens is 354 g/mol. The molecular formula is C22H27N3O3. The summed E-state index contributed by atoms with van der Waals surface area (Å²) in [6, 6.07) is 7.54. The van der Waals surface area contributed by atoms with Gasteiger partial charge in [0.25, 0.3) is 0 Å². The lowest BCUT2D eigenvalue weighted by molar-refractivity contribution is -0.134. The van der Waals surface area contributed by atoms with Gasteiger partial charge in [-0.3, -0.25) is 20.4 Å². The van der Waals surface area contributed by atoms with Crippen LogP contribution in [0.2, 0.25) is 0 Å². The topological polar surface area (TPSA) is 84.2 Å². The van der Waals surface area contributed by atoms with Crippen molar-refractivity contribution in [1.29, 1.82) is 0 Å². The number of carbonyl (C=O) groups excluding carboxylic acids is 2. The van der Waals surface area contributed by atoms with E-state index in [4.69, 9.17) is 4.42 Å². The number of fused-ring (bicyclic) bond motifs is 1. The third-order valence-electron chi connectivity index (χ3n) is 6.95. The molecule has 1 aromatic carbocycles. The largest absolute Gasteiger partial charge is 0.441 e. The molecule has 6 nitrogen and oxygen atoms in total. The summed E-state index contributed by atoms with van der Waals surface area (Å²) in [5.74, 6) is 2.73. The average Bonchev–Trinajstić information content (AvgIpc) is 3.06. The van der Waals surface area contributed by atoms with Crippen molar-refractivity contribution in [3.63, 3.8) is 0 Å². The van der Waals surface area contributed by atoms with Crippen molar-refractivity contribution in [2.45, 2.75) is 57.8 Å². The van der Waals surface area contributed by atoms with Gasteiger partial charge >= 0.3 is 0 Å². The molecule has 4 bridgehead atoms. The number of hydrazine groups is 1. The van der Waals surface area contributed by atoms with Crippen molar-refractivity contribution in [1.82, 2.24) is 15.8 Å². The number of amides is 2. The predicted molar refractivity (Wildman–Crippen MR) is 104 cm³/mol. The van der Waals surface area contributed by atoms with Gasteiger partial charge in [0.1, 0.15) is 5.52 Å². The molecule has 2 aromatic rings. The molecule has 0 radical (unpaired) electrons. The Labute approximate surface area is 164 Å². The molecule has 6 rings (SSSR count). The number of nitrogens with one attached hydrogen (secondary N) is 2. The van der Waals surface area contributed by atoms with Crippen molar-refractivity contribution in [3.8, 4) is 0 Å². The Morgan fingerprint density at radius 3 is 2.32 bits per heavy atom. The zero-order chi connectivity index (χ0) is 19.1. The van der Waals surface area contributed by atoms with Crippen molar-refractivity contribution in [3.05, 3.63) is 30.2 Å². The summed E-state index contributed by atoms with van der Waals surface area (Å²) in [7, 11) is 0. The smallest absolute Gasteiger partial charge is 0.238 e. The van der Waals surface area contributed by atoms with E-state index in [-0.39, 0.29) is 23.7 Å². The number of oxazole rings is 1. The Kier molecular flexibility index (Phi) is 4.37. The number of benzene rings is 1. The second-order valence-corrected chi connectivity index (χ2v) is 9.27. The second-order valence-electron chi connectivity index (χ2n) is 9.27. The highest BCUT2D eigenvalue weighted by molar-refractivity contribution is 5.82. The quantitative estimate of drug-likeness (QED) is 0.776. The zero-order valence-corrected chi connectivity index (χ0v) is 16.1. The van der Waals surface area contributed by atoms with Crippen LogP contribution in [0.5, 0.6) is 0 Å². The van der Waals surface area contributed by atoms with Crippen LogP contribution in [-0.2, 0) is 16.0 Å². The summed E-state index contributed by atoms with van der Waals surface area (Å²) < 4.78 is 5.62. The van der Waals surface area contributed by atoms with Crippen LogP contribution in [0.25, 0.3) is 11.1 Å². The van der Waals surface area contributed by atoms with E-state index in [1.165, 1.54) is 38.5 Å². The molecule has 28 heavy (non-hydrogen) atoms. The van der Waals surface area contributed by atoms with E-state index in [9.17, 15) is 9.59 Å². The minimum absolute atomic E-state index is 0.0582. The second kappa shape index (κ2) is 6.90. The van der Waals surface area contributed by atoms with Crippen molar-refractivity contribution in [2.75, 3.05) is 0 Å². The van der Waals surface area contributed by atoms with Crippen LogP contribution in [-0.4, -0.2) is 16.8 Å². The summed E-state index contributed by atoms with van der Waals surface area (Å²) in [5, 5.41) is 0. The minimum atomic E-state index is -0.221. The average molecular weight is 381 g/mol. The molecule has 148 valence electrons. The molecule has 4 saturated carbocycles. The lowest BCUT2D eigenvalue weighted by Crippen LogP contribution is -2.50. The minimum Gasteiger partial charge on any atom is -0.441 e. The monoisotopic (exact) mass is 381 g/mol. The summed E-state index contributed by atoms with van der Waals surface area (Å²) in [4.78, 5) is 28.9. The molecule has 4 aliphatic rings. The van der Waals surface area contributed by atoms with Crippen LogP contribution in [0.1, 0.15) is 57.3 Å². The fourth-order valence-corrected chi connectivity index (χ4v) is 6.34. The number of para-hydroxylation sites is 2. The molecule has 0 saturated heterocycles. The number of aryl methyl sites for hydroxylation is 1. The predicted octanol–water partition coefficient (Wildman–Crippen LogP) is 3.51. The first-order valence-corrected chi connectivity index (χ1v) is 10.5. The van der Waals surface area contributed by atoms with Gasteiger partial charge in [-0.05, 0) is 73.8 Å². The Morgan fingerprint density at radius 2 is 1.64 bits per heavy atom. The molecule has 4 aliphatic carbocycles. The first-order chi connectivity index (χ1) is 13.6. The molecule has 0 spiro atoms. The standard InChI is InChI=1S/C22H27N3O3/c26-19(5-6-21-23-17-3-1-2-4-18(17)28-21)24-25-20(27)13-22-10-14-7-15(11-22)9-16(8-14)12-22/h1-4,14-16H,5-13H2,(H,24,26)(H,25,27). The van der Waals surface area contributed by atoms with Crippen LogP contribution in [0.4, 0.5) is 0 Å². The van der Waals surface area contributed by atoms with Gasteiger partial charge in [-0.2, -0.15) is 0 Å².